The van der Waals surface area contributed by atoms with E-state index in [0.29, 0.717) is 22.9 Å². The molecule has 4 aromatic rings. The molecule has 1 saturated heterocycles. The zero-order chi connectivity index (χ0) is 19.1. The molecule has 5 nitrogen and oxygen atoms in total. The Bertz CT molecular complexity index is 1220. The van der Waals surface area contributed by atoms with Crippen LogP contribution in [-0.4, -0.2) is 28.0 Å². The van der Waals surface area contributed by atoms with Gasteiger partial charge in [-0.25, -0.2) is 4.98 Å². The molecular formula is C23H22N4O. The summed E-state index contributed by atoms with van der Waals surface area (Å²) < 4.78 is 0. The zero-order valence-electron chi connectivity index (χ0n) is 15.9. The third-order valence-electron chi connectivity index (χ3n) is 5.63. The summed E-state index contributed by atoms with van der Waals surface area (Å²) in [6.07, 6.45) is 4.08. The van der Waals surface area contributed by atoms with Crippen LogP contribution >= 0.6 is 0 Å². The van der Waals surface area contributed by atoms with Gasteiger partial charge in [0.2, 0.25) is 5.95 Å². The van der Waals surface area contributed by atoms with Crippen LogP contribution in [0.4, 0.5) is 5.95 Å². The summed E-state index contributed by atoms with van der Waals surface area (Å²) in [6, 6.07) is 16.3. The smallest absolute Gasteiger partial charge is 0.262 e. The molecule has 1 N–H and O–H groups in total. The summed E-state index contributed by atoms with van der Waals surface area (Å²) in [7, 11) is 0. The van der Waals surface area contributed by atoms with Crippen LogP contribution in [0, 0.1) is 5.92 Å². The Morgan fingerprint density at radius 2 is 1.93 bits per heavy atom. The number of fused-ring (bicyclic) bond motifs is 2. The van der Waals surface area contributed by atoms with E-state index in [0.717, 1.165) is 41.4 Å². The van der Waals surface area contributed by atoms with E-state index in [2.05, 4.69) is 46.1 Å². The highest BCUT2D eigenvalue weighted by Crippen LogP contribution is 2.31. The Morgan fingerprint density at radius 3 is 2.82 bits per heavy atom. The highest BCUT2D eigenvalue weighted by Gasteiger charge is 2.20. The molecule has 0 aliphatic carbocycles. The molecule has 0 bridgehead atoms. The molecule has 1 aliphatic rings. The Balaban J connectivity index is 1.70. The van der Waals surface area contributed by atoms with Gasteiger partial charge in [0, 0.05) is 24.8 Å². The molecule has 1 aliphatic heterocycles. The second kappa shape index (κ2) is 6.75. The second-order valence-electron chi connectivity index (χ2n) is 7.67. The van der Waals surface area contributed by atoms with Crippen LogP contribution in [0.2, 0.25) is 0 Å². The number of benzene rings is 2. The van der Waals surface area contributed by atoms with Crippen molar-refractivity contribution in [2.45, 2.75) is 19.8 Å². The van der Waals surface area contributed by atoms with Crippen LogP contribution in [-0.2, 0) is 0 Å². The van der Waals surface area contributed by atoms with Gasteiger partial charge in [0.1, 0.15) is 0 Å². The molecule has 0 amide bonds. The fraction of sp³-hybridized carbons (Fsp3) is 0.261. The molecular weight excluding hydrogens is 348 g/mol. The molecule has 5 heteroatoms. The lowest BCUT2D eigenvalue weighted by Crippen LogP contribution is -2.36. The van der Waals surface area contributed by atoms with Crippen molar-refractivity contribution < 1.29 is 0 Å². The number of aromatic amines is 1. The first kappa shape index (κ1) is 16.9. The van der Waals surface area contributed by atoms with Crippen molar-refractivity contribution in [1.29, 1.82) is 0 Å². The van der Waals surface area contributed by atoms with E-state index >= 15 is 0 Å². The molecule has 140 valence electrons. The maximum atomic E-state index is 13.1. The molecule has 5 rings (SSSR count). The number of nitrogens with zero attached hydrogens (tertiary/aromatic N) is 3. The highest BCUT2D eigenvalue weighted by atomic mass is 16.1. The Labute approximate surface area is 163 Å². The first-order valence-electron chi connectivity index (χ1n) is 9.83. The van der Waals surface area contributed by atoms with E-state index in [1.165, 1.54) is 6.42 Å². The first-order chi connectivity index (χ1) is 13.7. The predicted molar refractivity (Wildman–Crippen MR) is 114 cm³/mol. The van der Waals surface area contributed by atoms with Gasteiger partial charge in [-0.1, -0.05) is 49.4 Å². The number of H-pyrrole nitrogens is 1. The lowest BCUT2D eigenvalue weighted by Gasteiger charge is -2.31. The minimum absolute atomic E-state index is 0.130. The predicted octanol–water partition coefficient (Wildman–Crippen LogP) is 4.37. The molecule has 1 unspecified atom stereocenters. The van der Waals surface area contributed by atoms with Crippen molar-refractivity contribution >= 4 is 27.8 Å². The highest BCUT2D eigenvalue weighted by molar-refractivity contribution is 6.03. The van der Waals surface area contributed by atoms with E-state index in [4.69, 9.17) is 4.98 Å². The van der Waals surface area contributed by atoms with Gasteiger partial charge in [0.25, 0.3) is 5.56 Å². The summed E-state index contributed by atoms with van der Waals surface area (Å²) in [5, 5.41) is 2.81. The number of aromatic nitrogens is 3. The van der Waals surface area contributed by atoms with Gasteiger partial charge in [0.15, 0.2) is 5.65 Å². The van der Waals surface area contributed by atoms with Crippen molar-refractivity contribution in [3.8, 4) is 11.1 Å². The molecule has 0 saturated carbocycles. The number of hydrogen-bond acceptors (Lipinski definition) is 4. The molecule has 3 heterocycles. The van der Waals surface area contributed by atoms with Gasteiger partial charge in [0.05, 0.1) is 5.39 Å². The van der Waals surface area contributed by atoms with Gasteiger partial charge in [-0.3, -0.25) is 9.78 Å². The SMILES string of the molecule is CC1CCCN(c2nc3nccc(-c4cccc5ccccc45)c3c(=O)[nH]2)C1. The molecule has 28 heavy (non-hydrogen) atoms. The van der Waals surface area contributed by atoms with Gasteiger partial charge < -0.3 is 4.90 Å². The normalized spacial score (nSPS) is 17.3. The summed E-state index contributed by atoms with van der Waals surface area (Å²) in [4.78, 5) is 27.4. The quantitative estimate of drug-likeness (QED) is 0.569. The average Bonchev–Trinajstić information content (AvgIpc) is 2.73. The zero-order valence-corrected chi connectivity index (χ0v) is 15.9. The fourth-order valence-corrected chi connectivity index (χ4v) is 4.27. The number of pyridine rings is 1. The van der Waals surface area contributed by atoms with Gasteiger partial charge in [-0.05, 0) is 41.2 Å². The molecule has 2 aromatic carbocycles. The van der Waals surface area contributed by atoms with E-state index in [1.54, 1.807) is 6.20 Å². The third-order valence-corrected chi connectivity index (χ3v) is 5.63. The summed E-state index contributed by atoms with van der Waals surface area (Å²) in [5.41, 5.74) is 2.27. The van der Waals surface area contributed by atoms with Crippen molar-refractivity contribution in [2.75, 3.05) is 18.0 Å². The number of nitrogens with one attached hydrogen (secondary N) is 1. The first-order valence-corrected chi connectivity index (χ1v) is 9.83. The lowest BCUT2D eigenvalue weighted by atomic mass is 9.97. The van der Waals surface area contributed by atoms with Crippen molar-refractivity contribution in [1.82, 2.24) is 15.0 Å². The van der Waals surface area contributed by atoms with Gasteiger partial charge >= 0.3 is 0 Å². The van der Waals surface area contributed by atoms with Crippen LogP contribution in [0.1, 0.15) is 19.8 Å². The van der Waals surface area contributed by atoms with Gasteiger partial charge in [-0.15, -0.1) is 0 Å². The van der Waals surface area contributed by atoms with E-state index in [1.807, 2.05) is 24.3 Å². The molecule has 0 spiro atoms. The minimum Gasteiger partial charge on any atom is -0.342 e. The van der Waals surface area contributed by atoms with Crippen LogP contribution in [0.5, 0.6) is 0 Å². The van der Waals surface area contributed by atoms with Crippen molar-refractivity contribution in [3.63, 3.8) is 0 Å². The van der Waals surface area contributed by atoms with Crippen LogP contribution in [0.25, 0.3) is 32.9 Å². The second-order valence-corrected chi connectivity index (χ2v) is 7.67. The van der Waals surface area contributed by atoms with Gasteiger partial charge in [-0.2, -0.15) is 4.98 Å². The number of anilines is 1. The Hall–Kier alpha value is -3.21. The average molecular weight is 370 g/mol. The third kappa shape index (κ3) is 2.83. The molecule has 1 fully saturated rings. The summed E-state index contributed by atoms with van der Waals surface area (Å²) >= 11 is 0. The van der Waals surface area contributed by atoms with Crippen molar-refractivity contribution in [2.24, 2.45) is 5.92 Å². The largest absolute Gasteiger partial charge is 0.342 e. The minimum atomic E-state index is -0.130. The molecule has 1 atom stereocenters. The summed E-state index contributed by atoms with van der Waals surface area (Å²) in [5.74, 6) is 1.23. The number of rotatable bonds is 2. The van der Waals surface area contributed by atoms with Crippen LogP contribution in [0.15, 0.2) is 59.5 Å². The maximum Gasteiger partial charge on any atom is 0.262 e. The van der Waals surface area contributed by atoms with Crippen molar-refractivity contribution in [3.05, 3.63) is 65.1 Å². The monoisotopic (exact) mass is 370 g/mol. The molecule has 2 aromatic heterocycles. The maximum absolute atomic E-state index is 13.1. The fourth-order valence-electron chi connectivity index (χ4n) is 4.27. The number of hydrogen-bond donors (Lipinski definition) is 1. The topological polar surface area (TPSA) is 61.9 Å². The molecule has 0 radical (unpaired) electrons. The van der Waals surface area contributed by atoms with Crippen LogP contribution < -0.4 is 10.5 Å². The Morgan fingerprint density at radius 1 is 1.07 bits per heavy atom. The van der Waals surface area contributed by atoms with E-state index < -0.39 is 0 Å². The number of piperidine rings is 1. The van der Waals surface area contributed by atoms with E-state index in [9.17, 15) is 4.79 Å². The summed E-state index contributed by atoms with van der Waals surface area (Å²) in [6.45, 7) is 4.07. The van der Waals surface area contributed by atoms with Crippen LogP contribution in [0.3, 0.4) is 0 Å². The van der Waals surface area contributed by atoms with E-state index in [-0.39, 0.29) is 5.56 Å². The lowest BCUT2D eigenvalue weighted by molar-refractivity contribution is 0.442. The standard InChI is InChI=1S/C23H22N4O/c1-15-6-5-13-27(14-15)23-25-21-20(22(28)26-23)19(11-12-24-21)18-10-4-8-16-7-2-3-9-17(16)18/h2-4,7-12,15H,5-6,13-14H2,1H3,(H,24,25,26,28). The Kier molecular flexibility index (Phi) is 4.08.